The highest BCUT2D eigenvalue weighted by molar-refractivity contribution is 7.92. The van der Waals surface area contributed by atoms with Gasteiger partial charge in [0.25, 0.3) is 5.91 Å². The molecule has 1 saturated carbocycles. The highest BCUT2D eigenvalue weighted by Crippen LogP contribution is 2.29. The van der Waals surface area contributed by atoms with Crippen molar-refractivity contribution in [2.24, 2.45) is 0 Å². The minimum atomic E-state index is -3.31. The summed E-state index contributed by atoms with van der Waals surface area (Å²) in [5, 5.41) is -0.290. The van der Waals surface area contributed by atoms with Gasteiger partial charge in [-0.15, -0.1) is 0 Å². The average Bonchev–Trinajstić information content (AvgIpc) is 3.20. The molecule has 30 heavy (non-hydrogen) atoms. The van der Waals surface area contributed by atoms with E-state index in [1.165, 1.54) is 12.1 Å². The second-order valence-corrected chi connectivity index (χ2v) is 10.3. The Balaban J connectivity index is 1.42. The van der Waals surface area contributed by atoms with Gasteiger partial charge in [-0.05, 0) is 67.8 Å². The normalized spacial score (nSPS) is 18.4. The van der Waals surface area contributed by atoms with E-state index in [0.717, 1.165) is 44.3 Å². The third kappa shape index (κ3) is 4.36. The van der Waals surface area contributed by atoms with E-state index in [4.69, 9.17) is 0 Å². The zero-order chi connectivity index (χ0) is 21.1. The molecular weight excluding hydrogens is 403 g/mol. The van der Waals surface area contributed by atoms with Gasteiger partial charge in [-0.3, -0.25) is 4.79 Å². The maximum Gasteiger partial charge on any atom is 0.253 e. The van der Waals surface area contributed by atoms with Gasteiger partial charge in [0.2, 0.25) is 0 Å². The van der Waals surface area contributed by atoms with Gasteiger partial charge >= 0.3 is 0 Å². The molecule has 0 atom stereocenters. The Hall–Kier alpha value is -2.41. The van der Waals surface area contributed by atoms with Crippen LogP contribution in [0.1, 0.15) is 42.5 Å². The number of amides is 1. The van der Waals surface area contributed by atoms with E-state index in [0.29, 0.717) is 30.1 Å². The van der Waals surface area contributed by atoms with Gasteiger partial charge in [0, 0.05) is 37.4 Å². The number of sulfone groups is 1. The average molecular weight is 431 g/mol. The number of nitrogens with zero attached hydrogens (tertiary/aromatic N) is 2. The van der Waals surface area contributed by atoms with Gasteiger partial charge in [-0.2, -0.15) is 0 Å². The molecule has 0 radical (unpaired) electrons. The standard InChI is InChI=1S/C23H27FN2O3S/c24-19-8-10-20(11-9-19)25-14-3-15-26(17-16-25)23(27)18-6-12-22(13-7-18)30(28,29)21-4-1-2-5-21/h6-13,21H,1-5,14-17H2. The quantitative estimate of drug-likeness (QED) is 0.738. The summed E-state index contributed by atoms with van der Waals surface area (Å²) < 4.78 is 38.6. The molecule has 7 heteroatoms. The lowest BCUT2D eigenvalue weighted by Gasteiger charge is -2.24. The molecule has 1 saturated heterocycles. The first-order valence-electron chi connectivity index (χ1n) is 10.6. The number of hydrogen-bond acceptors (Lipinski definition) is 4. The van der Waals surface area contributed by atoms with Crippen LogP contribution >= 0.6 is 0 Å². The lowest BCUT2D eigenvalue weighted by Crippen LogP contribution is -2.35. The van der Waals surface area contributed by atoms with Crippen LogP contribution in [0.3, 0.4) is 0 Å². The van der Waals surface area contributed by atoms with Crippen LogP contribution in [-0.4, -0.2) is 50.7 Å². The molecule has 1 amide bonds. The predicted molar refractivity (Wildman–Crippen MR) is 115 cm³/mol. The number of carbonyl (C=O) groups is 1. The molecule has 2 aromatic carbocycles. The molecule has 0 unspecified atom stereocenters. The van der Waals surface area contributed by atoms with Gasteiger partial charge < -0.3 is 9.80 Å². The molecule has 1 aliphatic heterocycles. The Morgan fingerprint density at radius 1 is 0.833 bits per heavy atom. The van der Waals surface area contributed by atoms with Crippen LogP contribution in [0.5, 0.6) is 0 Å². The van der Waals surface area contributed by atoms with Gasteiger partial charge in [0.15, 0.2) is 9.84 Å². The minimum Gasteiger partial charge on any atom is -0.370 e. The highest BCUT2D eigenvalue weighted by Gasteiger charge is 2.30. The molecule has 1 aliphatic carbocycles. The Labute approximate surface area is 177 Å². The minimum absolute atomic E-state index is 0.0826. The van der Waals surface area contributed by atoms with Gasteiger partial charge in [-0.1, -0.05) is 12.8 Å². The fourth-order valence-corrected chi connectivity index (χ4v) is 6.25. The number of benzene rings is 2. The van der Waals surface area contributed by atoms with Crippen molar-refractivity contribution >= 4 is 21.4 Å². The Morgan fingerprint density at radius 2 is 1.50 bits per heavy atom. The molecule has 2 aromatic rings. The largest absolute Gasteiger partial charge is 0.370 e. The van der Waals surface area contributed by atoms with Gasteiger partial charge in [0.1, 0.15) is 5.82 Å². The Bertz CT molecular complexity index is 984. The first kappa shape index (κ1) is 20.8. The molecule has 0 spiro atoms. The zero-order valence-electron chi connectivity index (χ0n) is 17.0. The maximum atomic E-state index is 13.2. The van der Waals surface area contributed by atoms with Crippen LogP contribution in [0.25, 0.3) is 0 Å². The molecule has 5 nitrogen and oxygen atoms in total. The summed E-state index contributed by atoms with van der Waals surface area (Å²) >= 11 is 0. The van der Waals surface area contributed by atoms with Crippen LogP contribution in [0, 0.1) is 5.82 Å². The Morgan fingerprint density at radius 3 is 2.17 bits per heavy atom. The SMILES string of the molecule is O=C(c1ccc(S(=O)(=O)C2CCCC2)cc1)N1CCCN(c2ccc(F)cc2)CC1. The Kier molecular flexibility index (Phi) is 6.09. The second kappa shape index (κ2) is 8.76. The fraction of sp³-hybridized carbons (Fsp3) is 0.435. The lowest BCUT2D eigenvalue weighted by molar-refractivity contribution is 0.0767. The van der Waals surface area contributed by atoms with Crippen LogP contribution in [0.2, 0.25) is 0 Å². The van der Waals surface area contributed by atoms with Crippen LogP contribution in [-0.2, 0) is 9.84 Å². The summed E-state index contributed by atoms with van der Waals surface area (Å²) in [4.78, 5) is 17.2. The summed E-state index contributed by atoms with van der Waals surface area (Å²) in [6, 6.07) is 12.8. The smallest absolute Gasteiger partial charge is 0.253 e. The van der Waals surface area contributed by atoms with E-state index in [2.05, 4.69) is 4.90 Å². The molecule has 1 heterocycles. The maximum absolute atomic E-state index is 13.2. The van der Waals surface area contributed by atoms with Crippen molar-refractivity contribution in [3.05, 3.63) is 59.9 Å². The van der Waals surface area contributed by atoms with Crippen LogP contribution in [0.4, 0.5) is 10.1 Å². The topological polar surface area (TPSA) is 57.7 Å². The molecule has 0 N–H and O–H groups in total. The second-order valence-electron chi connectivity index (χ2n) is 8.09. The van der Waals surface area contributed by atoms with E-state index in [-0.39, 0.29) is 17.0 Å². The van der Waals surface area contributed by atoms with Crippen molar-refractivity contribution < 1.29 is 17.6 Å². The van der Waals surface area contributed by atoms with E-state index >= 15 is 0 Å². The van der Waals surface area contributed by atoms with Crippen molar-refractivity contribution in [3.63, 3.8) is 0 Å². The van der Waals surface area contributed by atoms with Crippen molar-refractivity contribution in [2.45, 2.75) is 42.2 Å². The summed E-state index contributed by atoms with van der Waals surface area (Å²) in [6.07, 6.45) is 4.19. The highest BCUT2D eigenvalue weighted by atomic mass is 32.2. The van der Waals surface area contributed by atoms with Gasteiger partial charge in [-0.25, -0.2) is 12.8 Å². The number of rotatable bonds is 4. The fourth-order valence-electron chi connectivity index (χ4n) is 4.39. The van der Waals surface area contributed by atoms with E-state index < -0.39 is 9.84 Å². The zero-order valence-corrected chi connectivity index (χ0v) is 17.8. The summed E-state index contributed by atoms with van der Waals surface area (Å²) in [6.45, 7) is 2.68. The number of carbonyl (C=O) groups excluding carboxylic acids is 1. The van der Waals surface area contributed by atoms with Crippen LogP contribution < -0.4 is 4.90 Å². The third-order valence-electron chi connectivity index (χ3n) is 6.15. The van der Waals surface area contributed by atoms with Crippen molar-refractivity contribution in [1.82, 2.24) is 4.90 Å². The van der Waals surface area contributed by atoms with Crippen LogP contribution in [0.15, 0.2) is 53.4 Å². The van der Waals surface area contributed by atoms with Crippen molar-refractivity contribution in [2.75, 3.05) is 31.1 Å². The van der Waals surface area contributed by atoms with Gasteiger partial charge in [0.05, 0.1) is 10.1 Å². The first-order valence-corrected chi connectivity index (χ1v) is 12.1. The number of halogens is 1. The monoisotopic (exact) mass is 430 g/mol. The molecule has 0 bridgehead atoms. The van der Waals surface area contributed by atoms with E-state index in [9.17, 15) is 17.6 Å². The van der Waals surface area contributed by atoms with E-state index in [1.54, 1.807) is 36.4 Å². The first-order chi connectivity index (χ1) is 14.4. The van der Waals surface area contributed by atoms with E-state index in [1.807, 2.05) is 4.90 Å². The predicted octanol–water partition coefficient (Wildman–Crippen LogP) is 3.89. The van der Waals surface area contributed by atoms with Crippen molar-refractivity contribution in [3.8, 4) is 0 Å². The summed E-state index contributed by atoms with van der Waals surface area (Å²) in [5.74, 6) is -0.343. The number of hydrogen-bond donors (Lipinski definition) is 0. The molecular formula is C23H27FN2O3S. The molecule has 2 fully saturated rings. The lowest BCUT2D eigenvalue weighted by atomic mass is 10.2. The summed E-state index contributed by atoms with van der Waals surface area (Å²) in [7, 11) is -3.31. The summed E-state index contributed by atoms with van der Waals surface area (Å²) in [5.41, 5.74) is 1.46. The van der Waals surface area contributed by atoms with Crippen molar-refractivity contribution in [1.29, 1.82) is 0 Å². The number of anilines is 1. The molecule has 2 aliphatic rings. The molecule has 160 valence electrons. The molecule has 0 aromatic heterocycles. The molecule has 4 rings (SSSR count). The third-order valence-corrected chi connectivity index (χ3v) is 8.42.